The first-order valence-electron chi connectivity index (χ1n) is 8.76. The first-order chi connectivity index (χ1) is 13.5. The standard InChI is InChI=1S/C19H21N7O2/c1-13-3-2-4-14(9-13)10-15-11-24-19(25-18(15)20)22-8-7-21-17-6-5-16(12-23-17)26(27)28/h2-6,9,11-12H,7-8,10H2,1H3,(H,21,23)(H3,20,22,24,25). The summed E-state index contributed by atoms with van der Waals surface area (Å²) in [4.78, 5) is 22.7. The smallest absolute Gasteiger partial charge is 0.287 e. The Morgan fingerprint density at radius 3 is 2.61 bits per heavy atom. The molecule has 1 aromatic carbocycles. The molecule has 9 heteroatoms. The highest BCUT2D eigenvalue weighted by molar-refractivity contribution is 5.46. The van der Waals surface area contributed by atoms with Crippen LogP contribution in [0.15, 0.2) is 48.8 Å². The van der Waals surface area contributed by atoms with Crippen molar-refractivity contribution >= 4 is 23.3 Å². The number of rotatable bonds is 8. The van der Waals surface area contributed by atoms with Gasteiger partial charge >= 0.3 is 0 Å². The van der Waals surface area contributed by atoms with E-state index in [0.717, 1.165) is 11.1 Å². The van der Waals surface area contributed by atoms with E-state index >= 15 is 0 Å². The second-order valence-corrected chi connectivity index (χ2v) is 6.28. The average Bonchev–Trinajstić information content (AvgIpc) is 2.68. The molecule has 0 atom stereocenters. The molecule has 0 aliphatic heterocycles. The van der Waals surface area contributed by atoms with Crippen molar-refractivity contribution in [2.75, 3.05) is 29.5 Å². The van der Waals surface area contributed by atoms with Gasteiger partial charge < -0.3 is 16.4 Å². The first-order valence-corrected chi connectivity index (χ1v) is 8.76. The first kappa shape index (κ1) is 19.0. The van der Waals surface area contributed by atoms with Gasteiger partial charge in [0.25, 0.3) is 5.69 Å². The maximum Gasteiger partial charge on any atom is 0.287 e. The maximum atomic E-state index is 10.6. The Labute approximate surface area is 162 Å². The minimum atomic E-state index is -0.483. The Morgan fingerprint density at radius 1 is 1.11 bits per heavy atom. The minimum absolute atomic E-state index is 0.0432. The summed E-state index contributed by atoms with van der Waals surface area (Å²) in [7, 11) is 0. The van der Waals surface area contributed by atoms with Crippen molar-refractivity contribution in [2.24, 2.45) is 0 Å². The molecule has 3 rings (SSSR count). The molecule has 0 spiro atoms. The van der Waals surface area contributed by atoms with Crippen LogP contribution < -0.4 is 16.4 Å². The lowest BCUT2D eigenvalue weighted by molar-refractivity contribution is -0.385. The third-order valence-electron chi connectivity index (χ3n) is 4.05. The van der Waals surface area contributed by atoms with Crippen LogP contribution in [0.5, 0.6) is 0 Å². The van der Waals surface area contributed by atoms with Crippen molar-refractivity contribution < 1.29 is 4.92 Å². The molecule has 0 amide bonds. The van der Waals surface area contributed by atoms with Crippen LogP contribution in [-0.4, -0.2) is 33.0 Å². The van der Waals surface area contributed by atoms with E-state index in [-0.39, 0.29) is 5.69 Å². The van der Waals surface area contributed by atoms with Crippen LogP contribution in [0.2, 0.25) is 0 Å². The highest BCUT2D eigenvalue weighted by atomic mass is 16.6. The molecule has 9 nitrogen and oxygen atoms in total. The quantitative estimate of drug-likeness (QED) is 0.309. The van der Waals surface area contributed by atoms with Gasteiger partial charge in [-0.25, -0.2) is 9.97 Å². The SMILES string of the molecule is Cc1cccc(Cc2cnc(NCCNc3ccc([N+](=O)[O-])cn3)nc2N)c1. The van der Waals surface area contributed by atoms with E-state index in [1.54, 1.807) is 12.3 Å². The molecule has 2 aromatic heterocycles. The number of nitrogens with zero attached hydrogens (tertiary/aromatic N) is 4. The predicted molar refractivity (Wildman–Crippen MR) is 108 cm³/mol. The molecule has 28 heavy (non-hydrogen) atoms. The van der Waals surface area contributed by atoms with E-state index < -0.39 is 4.92 Å². The molecular weight excluding hydrogens is 358 g/mol. The van der Waals surface area contributed by atoms with Crippen molar-refractivity contribution in [1.29, 1.82) is 0 Å². The molecule has 0 bridgehead atoms. The number of anilines is 3. The fourth-order valence-electron chi connectivity index (χ4n) is 2.65. The zero-order valence-corrected chi connectivity index (χ0v) is 15.4. The fourth-order valence-corrected chi connectivity index (χ4v) is 2.65. The number of nitro groups is 1. The molecule has 0 unspecified atom stereocenters. The summed E-state index contributed by atoms with van der Waals surface area (Å²) in [6.07, 6.45) is 3.63. The van der Waals surface area contributed by atoms with Gasteiger partial charge in [0.2, 0.25) is 5.95 Å². The Balaban J connectivity index is 1.49. The normalized spacial score (nSPS) is 10.5. The summed E-state index contributed by atoms with van der Waals surface area (Å²) in [6.45, 7) is 3.13. The molecule has 0 radical (unpaired) electrons. The van der Waals surface area contributed by atoms with Crippen molar-refractivity contribution in [3.8, 4) is 0 Å². The Morgan fingerprint density at radius 2 is 1.93 bits per heavy atom. The Bertz CT molecular complexity index is 961. The molecule has 0 aliphatic rings. The average molecular weight is 379 g/mol. The van der Waals surface area contributed by atoms with E-state index in [0.29, 0.717) is 37.1 Å². The summed E-state index contributed by atoms with van der Waals surface area (Å²) >= 11 is 0. The Kier molecular flexibility index (Phi) is 5.95. The zero-order chi connectivity index (χ0) is 19.9. The lowest BCUT2D eigenvalue weighted by Crippen LogP contribution is -2.16. The van der Waals surface area contributed by atoms with Crippen molar-refractivity contribution in [2.45, 2.75) is 13.3 Å². The van der Waals surface area contributed by atoms with Gasteiger partial charge in [0.15, 0.2) is 0 Å². The number of hydrogen-bond donors (Lipinski definition) is 3. The van der Waals surface area contributed by atoms with E-state index in [1.807, 2.05) is 6.07 Å². The highest BCUT2D eigenvalue weighted by Gasteiger charge is 2.07. The molecule has 2 heterocycles. The van der Waals surface area contributed by atoms with Gasteiger partial charge in [-0.1, -0.05) is 29.8 Å². The fraction of sp³-hybridized carbons (Fsp3) is 0.211. The van der Waals surface area contributed by atoms with Crippen LogP contribution in [0.1, 0.15) is 16.7 Å². The number of hydrogen-bond acceptors (Lipinski definition) is 8. The lowest BCUT2D eigenvalue weighted by Gasteiger charge is -2.10. The van der Waals surface area contributed by atoms with Crippen LogP contribution in [0.4, 0.5) is 23.3 Å². The van der Waals surface area contributed by atoms with E-state index in [9.17, 15) is 10.1 Å². The molecule has 0 saturated carbocycles. The number of pyridine rings is 1. The molecular formula is C19H21N7O2. The molecule has 4 N–H and O–H groups in total. The maximum absolute atomic E-state index is 10.6. The topological polar surface area (TPSA) is 132 Å². The zero-order valence-electron chi connectivity index (χ0n) is 15.4. The summed E-state index contributed by atoms with van der Waals surface area (Å²) in [5, 5.41) is 16.8. The Hall–Kier alpha value is -3.75. The van der Waals surface area contributed by atoms with Crippen molar-refractivity contribution in [3.05, 3.63) is 75.6 Å². The summed E-state index contributed by atoms with van der Waals surface area (Å²) in [5.41, 5.74) is 9.27. The van der Waals surface area contributed by atoms with E-state index in [2.05, 4.69) is 50.7 Å². The number of aryl methyl sites for hydroxylation is 1. The number of aromatic nitrogens is 3. The monoisotopic (exact) mass is 379 g/mol. The second-order valence-electron chi connectivity index (χ2n) is 6.28. The van der Waals surface area contributed by atoms with Gasteiger partial charge in [0.05, 0.1) is 4.92 Å². The van der Waals surface area contributed by atoms with Gasteiger partial charge in [-0.05, 0) is 18.6 Å². The predicted octanol–water partition coefficient (Wildman–Crippen LogP) is 2.79. The van der Waals surface area contributed by atoms with Crippen molar-refractivity contribution in [3.63, 3.8) is 0 Å². The van der Waals surface area contributed by atoms with Gasteiger partial charge in [0.1, 0.15) is 17.8 Å². The van der Waals surface area contributed by atoms with E-state index in [1.165, 1.54) is 17.8 Å². The summed E-state index contributed by atoms with van der Waals surface area (Å²) < 4.78 is 0. The largest absolute Gasteiger partial charge is 0.383 e. The van der Waals surface area contributed by atoms with Gasteiger partial charge in [0, 0.05) is 37.3 Å². The number of nitrogen functional groups attached to an aromatic ring is 1. The highest BCUT2D eigenvalue weighted by Crippen LogP contribution is 2.16. The van der Waals surface area contributed by atoms with Gasteiger partial charge in [-0.15, -0.1) is 0 Å². The molecule has 0 saturated heterocycles. The third-order valence-corrected chi connectivity index (χ3v) is 4.05. The van der Waals surface area contributed by atoms with Crippen LogP contribution >= 0.6 is 0 Å². The molecule has 3 aromatic rings. The van der Waals surface area contributed by atoms with Gasteiger partial charge in [-0.3, -0.25) is 10.1 Å². The van der Waals surface area contributed by atoms with E-state index in [4.69, 9.17) is 5.73 Å². The third kappa shape index (κ3) is 5.13. The molecule has 0 aliphatic carbocycles. The minimum Gasteiger partial charge on any atom is -0.383 e. The number of nitrogens with one attached hydrogen (secondary N) is 2. The molecule has 144 valence electrons. The van der Waals surface area contributed by atoms with Crippen LogP contribution in [0.3, 0.4) is 0 Å². The summed E-state index contributed by atoms with van der Waals surface area (Å²) in [6, 6.07) is 11.2. The van der Waals surface area contributed by atoms with Crippen LogP contribution in [0.25, 0.3) is 0 Å². The lowest BCUT2D eigenvalue weighted by atomic mass is 10.0. The second kappa shape index (κ2) is 8.76. The number of nitrogens with two attached hydrogens (primary N) is 1. The summed E-state index contributed by atoms with van der Waals surface area (Å²) in [5.74, 6) is 1.45. The van der Waals surface area contributed by atoms with Gasteiger partial charge in [-0.2, -0.15) is 4.98 Å². The number of benzene rings is 1. The molecule has 0 fully saturated rings. The van der Waals surface area contributed by atoms with Crippen LogP contribution in [0, 0.1) is 17.0 Å². The van der Waals surface area contributed by atoms with Crippen LogP contribution in [-0.2, 0) is 6.42 Å². The van der Waals surface area contributed by atoms with Crippen molar-refractivity contribution in [1.82, 2.24) is 15.0 Å².